The molecule has 1 heterocycles. The summed E-state index contributed by atoms with van der Waals surface area (Å²) in [6, 6.07) is 1.52. The van der Waals surface area contributed by atoms with Crippen molar-refractivity contribution in [3.8, 4) is 0 Å². The number of pyridine rings is 1. The van der Waals surface area contributed by atoms with E-state index in [1.807, 2.05) is 5.32 Å². The first-order valence-electron chi connectivity index (χ1n) is 4.39. The van der Waals surface area contributed by atoms with E-state index in [0.717, 1.165) is 13.1 Å². The fourth-order valence-electron chi connectivity index (χ4n) is 1.26. The highest BCUT2D eigenvalue weighted by Gasteiger charge is 2.44. The highest BCUT2D eigenvalue weighted by Crippen LogP contribution is 2.33. The molecule has 0 aliphatic carbocycles. The largest absolute Gasteiger partial charge is 0.347 e. The van der Waals surface area contributed by atoms with E-state index < -0.39 is 23.6 Å². The number of rotatable bonds is 4. The van der Waals surface area contributed by atoms with Crippen LogP contribution in [-0.2, 0) is 17.8 Å². The van der Waals surface area contributed by atoms with Gasteiger partial charge < -0.3 is 9.88 Å². The molecule has 4 nitrogen and oxygen atoms in total. The van der Waals surface area contributed by atoms with Gasteiger partial charge >= 0.3 is 12.3 Å². The number of halogens is 4. The van der Waals surface area contributed by atoms with Crippen LogP contribution in [0.1, 0.15) is 5.69 Å². The fraction of sp³-hybridized carbons (Fsp3) is 0.333. The van der Waals surface area contributed by atoms with Crippen molar-refractivity contribution in [3.05, 3.63) is 28.2 Å². The van der Waals surface area contributed by atoms with E-state index >= 15 is 0 Å². The van der Waals surface area contributed by atoms with Crippen LogP contribution in [0.5, 0.6) is 0 Å². The van der Waals surface area contributed by atoms with Crippen LogP contribution in [-0.4, -0.2) is 17.4 Å². The summed E-state index contributed by atoms with van der Waals surface area (Å²) in [5.41, 5.74) is -2.37. The van der Waals surface area contributed by atoms with Crippen molar-refractivity contribution in [2.75, 3.05) is 5.32 Å². The van der Waals surface area contributed by atoms with Gasteiger partial charge in [-0.05, 0) is 12.1 Å². The molecule has 0 saturated heterocycles. The molecule has 8 heteroatoms. The maximum absolute atomic E-state index is 13.0. The van der Waals surface area contributed by atoms with Crippen molar-refractivity contribution in [1.82, 2.24) is 4.57 Å². The van der Waals surface area contributed by atoms with Gasteiger partial charge in [-0.25, -0.2) is 8.78 Å². The summed E-state index contributed by atoms with van der Waals surface area (Å²) in [6.45, 7) is 0. The van der Waals surface area contributed by atoms with Crippen molar-refractivity contribution in [1.29, 1.82) is 0 Å². The van der Waals surface area contributed by atoms with Crippen molar-refractivity contribution in [3.63, 3.8) is 0 Å². The smallest absolute Gasteiger partial charge is 0.324 e. The number of amides is 1. The summed E-state index contributed by atoms with van der Waals surface area (Å²) < 4.78 is 50.7. The normalized spacial score (nSPS) is 11.6. The van der Waals surface area contributed by atoms with E-state index in [1.165, 1.54) is 0 Å². The van der Waals surface area contributed by atoms with E-state index in [1.54, 1.807) is 0 Å². The molecular weight excluding hydrogens is 244 g/mol. The SMILES string of the molecule is Cn1c(C(F)(F)C(F)F)ccc(NC=O)c1=O. The monoisotopic (exact) mass is 252 g/mol. The number of hydrogen-bond acceptors (Lipinski definition) is 2. The van der Waals surface area contributed by atoms with Crippen LogP contribution in [0.15, 0.2) is 16.9 Å². The zero-order valence-corrected chi connectivity index (χ0v) is 8.58. The summed E-state index contributed by atoms with van der Waals surface area (Å²) >= 11 is 0. The van der Waals surface area contributed by atoms with Gasteiger partial charge in [-0.15, -0.1) is 0 Å². The summed E-state index contributed by atoms with van der Waals surface area (Å²) in [7, 11) is 0.921. The Morgan fingerprint density at radius 1 is 1.41 bits per heavy atom. The third-order valence-corrected chi connectivity index (χ3v) is 2.13. The first kappa shape index (κ1) is 13.2. The number of nitrogens with one attached hydrogen (secondary N) is 1. The molecule has 0 spiro atoms. The second-order valence-corrected chi connectivity index (χ2v) is 3.18. The van der Waals surface area contributed by atoms with Crippen molar-refractivity contribution >= 4 is 12.1 Å². The molecule has 0 radical (unpaired) electrons. The molecule has 1 rings (SSSR count). The molecule has 1 aromatic rings. The molecule has 0 aliphatic heterocycles. The minimum Gasteiger partial charge on any atom is -0.324 e. The third kappa shape index (κ3) is 2.29. The van der Waals surface area contributed by atoms with E-state index in [9.17, 15) is 27.2 Å². The average Bonchev–Trinajstić information content (AvgIpc) is 2.24. The van der Waals surface area contributed by atoms with Gasteiger partial charge in [0.1, 0.15) is 5.69 Å². The zero-order chi connectivity index (χ0) is 13.2. The fourth-order valence-corrected chi connectivity index (χ4v) is 1.26. The molecule has 0 fully saturated rings. The highest BCUT2D eigenvalue weighted by molar-refractivity contribution is 5.70. The average molecular weight is 252 g/mol. The number of carbonyl (C=O) groups is 1. The molecule has 0 saturated carbocycles. The molecule has 1 aromatic heterocycles. The van der Waals surface area contributed by atoms with E-state index in [-0.39, 0.29) is 12.1 Å². The number of hydrogen-bond donors (Lipinski definition) is 1. The number of carbonyl (C=O) groups excluding carboxylic acids is 1. The summed E-state index contributed by atoms with van der Waals surface area (Å²) in [4.78, 5) is 21.5. The van der Waals surface area contributed by atoms with E-state index in [4.69, 9.17) is 0 Å². The summed E-state index contributed by atoms with van der Waals surface area (Å²) in [5, 5.41) is 1.98. The Morgan fingerprint density at radius 3 is 2.47 bits per heavy atom. The van der Waals surface area contributed by atoms with Crippen LogP contribution in [0.25, 0.3) is 0 Å². The second-order valence-electron chi connectivity index (χ2n) is 3.18. The molecular formula is C9H8F4N2O2. The molecule has 0 aromatic carbocycles. The first-order valence-corrected chi connectivity index (χ1v) is 4.39. The lowest BCUT2D eigenvalue weighted by Crippen LogP contribution is -2.33. The van der Waals surface area contributed by atoms with Crippen LogP contribution >= 0.6 is 0 Å². The van der Waals surface area contributed by atoms with Crippen LogP contribution in [0, 0.1) is 0 Å². The van der Waals surface area contributed by atoms with Gasteiger partial charge in [-0.3, -0.25) is 9.59 Å². The molecule has 0 unspecified atom stereocenters. The molecule has 0 bridgehead atoms. The molecule has 0 aliphatic rings. The second kappa shape index (κ2) is 4.56. The molecule has 1 amide bonds. The number of alkyl halides is 4. The Balaban J connectivity index is 3.36. The minimum atomic E-state index is -4.42. The quantitative estimate of drug-likeness (QED) is 0.648. The van der Waals surface area contributed by atoms with Crippen molar-refractivity contribution in [2.45, 2.75) is 12.3 Å². The molecule has 1 N–H and O–H groups in total. The summed E-state index contributed by atoms with van der Waals surface area (Å²) in [5.74, 6) is -4.42. The lowest BCUT2D eigenvalue weighted by atomic mass is 10.2. The summed E-state index contributed by atoms with van der Waals surface area (Å²) in [6.07, 6.45) is -3.74. The molecule has 0 atom stereocenters. The van der Waals surface area contributed by atoms with E-state index in [2.05, 4.69) is 0 Å². The van der Waals surface area contributed by atoms with Gasteiger partial charge in [-0.2, -0.15) is 8.78 Å². The van der Waals surface area contributed by atoms with Gasteiger partial charge in [0.25, 0.3) is 5.56 Å². The topological polar surface area (TPSA) is 51.1 Å². The Hall–Kier alpha value is -1.86. The van der Waals surface area contributed by atoms with Gasteiger partial charge in [0.2, 0.25) is 6.41 Å². The predicted octanol–water partition coefficient (Wildman–Crippen LogP) is 1.31. The van der Waals surface area contributed by atoms with Crippen LogP contribution in [0.3, 0.4) is 0 Å². The van der Waals surface area contributed by atoms with Gasteiger partial charge in [0, 0.05) is 7.05 Å². The maximum atomic E-state index is 13.0. The van der Waals surface area contributed by atoms with Crippen LogP contribution < -0.4 is 10.9 Å². The Kier molecular flexibility index (Phi) is 3.54. The Bertz CT molecular complexity index is 484. The van der Waals surface area contributed by atoms with Gasteiger partial charge in [0.15, 0.2) is 0 Å². The Labute approximate surface area is 92.9 Å². The molecule has 17 heavy (non-hydrogen) atoms. The standard InChI is InChI=1S/C9H8F4N2O2/c1-15-6(9(12,13)8(10)11)3-2-5(7(15)17)14-4-16/h2-4,8H,1H3,(H,14,16). The third-order valence-electron chi connectivity index (χ3n) is 2.13. The minimum absolute atomic E-state index is 0.182. The predicted molar refractivity (Wildman–Crippen MR) is 51.3 cm³/mol. The number of nitrogens with zero attached hydrogens (tertiary/aromatic N) is 1. The first-order chi connectivity index (χ1) is 7.82. The highest BCUT2D eigenvalue weighted by atomic mass is 19.3. The van der Waals surface area contributed by atoms with Gasteiger partial charge in [0.05, 0.1) is 5.69 Å². The lowest BCUT2D eigenvalue weighted by Gasteiger charge is -2.18. The number of anilines is 1. The van der Waals surface area contributed by atoms with Gasteiger partial charge in [-0.1, -0.05) is 0 Å². The Morgan fingerprint density at radius 2 is 2.00 bits per heavy atom. The zero-order valence-electron chi connectivity index (χ0n) is 8.58. The number of aromatic nitrogens is 1. The van der Waals surface area contributed by atoms with Crippen LogP contribution in [0.4, 0.5) is 23.2 Å². The van der Waals surface area contributed by atoms with Crippen molar-refractivity contribution < 1.29 is 22.4 Å². The molecule has 94 valence electrons. The lowest BCUT2D eigenvalue weighted by molar-refractivity contribution is -0.140. The maximum Gasteiger partial charge on any atom is 0.347 e. The van der Waals surface area contributed by atoms with E-state index in [0.29, 0.717) is 10.6 Å². The van der Waals surface area contributed by atoms with Crippen molar-refractivity contribution in [2.24, 2.45) is 7.05 Å². The van der Waals surface area contributed by atoms with Crippen LogP contribution in [0.2, 0.25) is 0 Å².